The number of aliphatic carboxylic acids is 1. The number of aryl methyl sites for hydroxylation is 1. The van der Waals surface area contributed by atoms with Gasteiger partial charge in [-0.1, -0.05) is 23.7 Å². The summed E-state index contributed by atoms with van der Waals surface area (Å²) in [5.41, 5.74) is 13.1. The third kappa shape index (κ3) is 6.43. The second kappa shape index (κ2) is 11.0. The van der Waals surface area contributed by atoms with E-state index in [9.17, 15) is 18.0 Å². The standard InChI is InChI=1S/C25H26ClF3N6O3/c1-13-8-9-35(34-13)20-11-16(26)6-7-17(20)22(25(27,28)29)38-21-12-19(32-24(31)33-21)15-4-2-14(3-5-15)10-18(30)23(36)37/h4,6-9,11-12,14,18,22H,2-3,5,10,30H2,1H3,(H,36,37)(H2,31,32,33)/t14-,18-,22+/m0/s1. The monoisotopic (exact) mass is 550 g/mol. The highest BCUT2D eigenvalue weighted by Gasteiger charge is 2.45. The van der Waals surface area contributed by atoms with Crippen molar-refractivity contribution >= 4 is 29.1 Å². The van der Waals surface area contributed by atoms with Crippen molar-refractivity contribution < 1.29 is 27.8 Å². The quantitative estimate of drug-likeness (QED) is 0.360. The molecular formula is C25H26ClF3N6O3. The maximum Gasteiger partial charge on any atom is 0.429 e. The molecule has 1 aliphatic rings. The smallest absolute Gasteiger partial charge is 0.429 e. The highest BCUT2D eigenvalue weighted by Crippen LogP contribution is 2.40. The maximum atomic E-state index is 14.3. The average molecular weight is 551 g/mol. The third-order valence-corrected chi connectivity index (χ3v) is 6.49. The minimum absolute atomic E-state index is 0.0728. The second-order valence-electron chi connectivity index (χ2n) is 9.14. The molecule has 0 aliphatic heterocycles. The van der Waals surface area contributed by atoms with E-state index in [1.165, 1.54) is 35.1 Å². The van der Waals surface area contributed by atoms with Gasteiger partial charge in [-0.15, -0.1) is 0 Å². The van der Waals surface area contributed by atoms with Gasteiger partial charge in [0.15, 0.2) is 0 Å². The Kier molecular flexibility index (Phi) is 7.93. The minimum atomic E-state index is -4.81. The molecule has 1 aliphatic carbocycles. The molecule has 0 saturated heterocycles. The van der Waals surface area contributed by atoms with Crippen LogP contribution in [-0.2, 0) is 4.79 Å². The van der Waals surface area contributed by atoms with Crippen LogP contribution in [0, 0.1) is 12.8 Å². The maximum absolute atomic E-state index is 14.3. The summed E-state index contributed by atoms with van der Waals surface area (Å²) in [7, 11) is 0. The van der Waals surface area contributed by atoms with Gasteiger partial charge in [-0.3, -0.25) is 4.79 Å². The van der Waals surface area contributed by atoms with E-state index in [1.54, 1.807) is 13.0 Å². The van der Waals surface area contributed by atoms with Crippen LogP contribution in [0.15, 0.2) is 42.6 Å². The van der Waals surface area contributed by atoms with E-state index < -0.39 is 24.3 Å². The molecule has 9 nitrogen and oxygen atoms in total. The van der Waals surface area contributed by atoms with Crippen LogP contribution in [0.4, 0.5) is 19.1 Å². The van der Waals surface area contributed by atoms with Gasteiger partial charge < -0.3 is 21.3 Å². The fourth-order valence-corrected chi connectivity index (χ4v) is 4.54. The molecule has 0 unspecified atom stereocenters. The summed E-state index contributed by atoms with van der Waals surface area (Å²) in [6.45, 7) is 1.71. The van der Waals surface area contributed by atoms with Gasteiger partial charge in [0, 0.05) is 22.8 Å². The number of carboxylic acids is 1. The summed E-state index contributed by atoms with van der Waals surface area (Å²) in [5.74, 6) is -1.57. The number of alkyl halides is 3. The number of ether oxygens (including phenoxy) is 1. The molecule has 5 N–H and O–H groups in total. The zero-order valence-electron chi connectivity index (χ0n) is 20.3. The summed E-state index contributed by atoms with van der Waals surface area (Å²) in [4.78, 5) is 19.1. The highest BCUT2D eigenvalue weighted by molar-refractivity contribution is 6.30. The SMILES string of the molecule is Cc1ccn(-c2cc(Cl)ccc2[C@@H](Oc2cc(C3=CC[C@H](C[C@H](N)C(=O)O)CC3)nc(N)n2)C(F)(F)F)n1. The number of halogens is 4. The third-order valence-electron chi connectivity index (χ3n) is 6.25. The van der Waals surface area contributed by atoms with E-state index in [1.807, 2.05) is 6.08 Å². The van der Waals surface area contributed by atoms with Crippen LogP contribution >= 0.6 is 11.6 Å². The molecule has 0 saturated carbocycles. The fourth-order valence-electron chi connectivity index (χ4n) is 4.38. The van der Waals surface area contributed by atoms with Gasteiger partial charge in [-0.25, -0.2) is 9.67 Å². The number of anilines is 1. The Morgan fingerprint density at radius 3 is 2.66 bits per heavy atom. The Bertz CT molecular complexity index is 1360. The summed E-state index contributed by atoms with van der Waals surface area (Å²) in [5, 5.41) is 13.5. The molecule has 0 radical (unpaired) electrons. The van der Waals surface area contributed by atoms with Crippen LogP contribution in [0.5, 0.6) is 5.88 Å². The molecule has 0 fully saturated rings. The van der Waals surface area contributed by atoms with Gasteiger partial charge in [-0.05, 0) is 62.3 Å². The van der Waals surface area contributed by atoms with Crippen molar-refractivity contribution in [1.82, 2.24) is 19.7 Å². The Labute approximate surface area is 221 Å². The van der Waals surface area contributed by atoms with Crippen LogP contribution in [-0.4, -0.2) is 43.0 Å². The lowest BCUT2D eigenvalue weighted by Crippen LogP contribution is -2.32. The van der Waals surface area contributed by atoms with Gasteiger partial charge in [0.2, 0.25) is 17.9 Å². The molecule has 13 heteroatoms. The van der Waals surface area contributed by atoms with Crippen LogP contribution in [0.2, 0.25) is 5.02 Å². The number of hydrogen-bond acceptors (Lipinski definition) is 7. The molecular weight excluding hydrogens is 525 g/mol. The van der Waals surface area contributed by atoms with E-state index >= 15 is 0 Å². The lowest BCUT2D eigenvalue weighted by Gasteiger charge is -2.25. The topological polar surface area (TPSA) is 142 Å². The van der Waals surface area contributed by atoms with Gasteiger partial charge in [0.1, 0.15) is 6.04 Å². The lowest BCUT2D eigenvalue weighted by atomic mass is 9.84. The zero-order chi connectivity index (χ0) is 27.6. The van der Waals surface area contributed by atoms with E-state index in [0.29, 0.717) is 37.1 Å². The van der Waals surface area contributed by atoms with Crippen molar-refractivity contribution in [2.24, 2.45) is 11.7 Å². The average Bonchev–Trinajstić information content (AvgIpc) is 3.28. The number of nitrogens with zero attached hydrogens (tertiary/aromatic N) is 4. The van der Waals surface area contributed by atoms with Crippen LogP contribution in [0.25, 0.3) is 11.3 Å². The van der Waals surface area contributed by atoms with Gasteiger partial charge in [0.05, 0.1) is 17.1 Å². The van der Waals surface area contributed by atoms with Crippen molar-refractivity contribution in [3.8, 4) is 11.6 Å². The van der Waals surface area contributed by atoms with Crippen molar-refractivity contribution in [2.75, 3.05) is 5.73 Å². The molecule has 0 amide bonds. The Morgan fingerprint density at radius 2 is 2.05 bits per heavy atom. The first-order chi connectivity index (χ1) is 17.9. The molecule has 38 heavy (non-hydrogen) atoms. The molecule has 202 valence electrons. The van der Waals surface area contributed by atoms with Crippen LogP contribution in [0.3, 0.4) is 0 Å². The van der Waals surface area contributed by atoms with Crippen molar-refractivity contribution in [1.29, 1.82) is 0 Å². The molecule has 4 rings (SSSR count). The number of rotatable bonds is 8. The summed E-state index contributed by atoms with van der Waals surface area (Å²) < 4.78 is 49.7. The minimum Gasteiger partial charge on any atom is -0.480 e. The Balaban J connectivity index is 1.63. The molecule has 1 aromatic carbocycles. The number of nitrogens with two attached hydrogens (primary N) is 2. The fraction of sp³-hybridized carbons (Fsp3) is 0.360. The number of carbonyl (C=O) groups is 1. The number of allylic oxidation sites excluding steroid dienone is 2. The summed E-state index contributed by atoms with van der Waals surface area (Å²) in [6.07, 6.45) is -1.76. The van der Waals surface area contributed by atoms with E-state index in [-0.39, 0.29) is 34.0 Å². The Hall–Kier alpha value is -3.64. The number of aromatic nitrogens is 4. The molecule has 2 heterocycles. The highest BCUT2D eigenvalue weighted by atomic mass is 35.5. The summed E-state index contributed by atoms with van der Waals surface area (Å²) in [6, 6.07) is 5.99. The van der Waals surface area contributed by atoms with Crippen molar-refractivity contribution in [2.45, 2.75) is 50.9 Å². The second-order valence-corrected chi connectivity index (χ2v) is 9.58. The van der Waals surface area contributed by atoms with E-state index in [0.717, 1.165) is 5.57 Å². The molecule has 0 spiro atoms. The van der Waals surface area contributed by atoms with Gasteiger partial charge >= 0.3 is 12.1 Å². The lowest BCUT2D eigenvalue weighted by molar-refractivity contribution is -0.198. The number of hydrogen-bond donors (Lipinski definition) is 3. The molecule has 0 bridgehead atoms. The number of benzene rings is 1. The van der Waals surface area contributed by atoms with Crippen LogP contribution < -0.4 is 16.2 Å². The van der Waals surface area contributed by atoms with Crippen molar-refractivity contribution in [3.05, 3.63) is 64.6 Å². The first-order valence-corrected chi connectivity index (χ1v) is 12.2. The first kappa shape index (κ1) is 27.4. The van der Waals surface area contributed by atoms with E-state index in [4.69, 9.17) is 32.9 Å². The molecule has 2 aromatic heterocycles. The predicted molar refractivity (Wildman–Crippen MR) is 135 cm³/mol. The molecule has 3 aromatic rings. The largest absolute Gasteiger partial charge is 0.480 e. The number of carboxylic acid groups (broad SMARTS) is 1. The summed E-state index contributed by atoms with van der Waals surface area (Å²) >= 11 is 6.09. The predicted octanol–water partition coefficient (Wildman–Crippen LogP) is 4.87. The molecule has 3 atom stereocenters. The van der Waals surface area contributed by atoms with Crippen LogP contribution in [0.1, 0.15) is 48.7 Å². The van der Waals surface area contributed by atoms with Gasteiger partial charge in [0.25, 0.3) is 0 Å². The van der Waals surface area contributed by atoms with Crippen molar-refractivity contribution in [3.63, 3.8) is 0 Å². The van der Waals surface area contributed by atoms with Gasteiger partial charge in [-0.2, -0.15) is 23.3 Å². The normalized spacial score (nSPS) is 17.5. The zero-order valence-corrected chi connectivity index (χ0v) is 21.1. The Morgan fingerprint density at radius 1 is 1.29 bits per heavy atom. The van der Waals surface area contributed by atoms with E-state index in [2.05, 4.69) is 15.1 Å². The first-order valence-electron chi connectivity index (χ1n) is 11.8. The number of nitrogen functional groups attached to an aromatic ring is 1.